The molecule has 1 saturated heterocycles. The molecule has 0 aliphatic carbocycles. The number of fused-ring (bicyclic) bond motifs is 1. The van der Waals surface area contributed by atoms with Gasteiger partial charge in [0.2, 0.25) is 15.9 Å². The SMILES string of the molecule is CCCn1nnc2cc(S(=O)(=O)N3CCC(C(=O)NCc4ccc(CC)cc4)CC3)ccc21. The molecule has 1 aromatic heterocycles. The monoisotopic (exact) mass is 469 g/mol. The van der Waals surface area contributed by atoms with E-state index in [4.69, 9.17) is 0 Å². The largest absolute Gasteiger partial charge is 0.352 e. The van der Waals surface area contributed by atoms with Crippen molar-refractivity contribution in [2.75, 3.05) is 13.1 Å². The van der Waals surface area contributed by atoms with Crippen molar-refractivity contribution in [2.45, 2.75) is 57.5 Å². The second-order valence-corrected chi connectivity index (χ2v) is 10.5. The minimum Gasteiger partial charge on any atom is -0.352 e. The second-order valence-electron chi connectivity index (χ2n) is 8.53. The average molecular weight is 470 g/mol. The number of carbonyl (C=O) groups is 1. The van der Waals surface area contributed by atoms with Crippen LogP contribution in [0, 0.1) is 5.92 Å². The molecule has 0 unspecified atom stereocenters. The molecule has 8 nitrogen and oxygen atoms in total. The van der Waals surface area contributed by atoms with Gasteiger partial charge < -0.3 is 5.32 Å². The van der Waals surface area contributed by atoms with Gasteiger partial charge in [-0.15, -0.1) is 5.10 Å². The predicted octanol–water partition coefficient (Wildman–Crippen LogP) is 3.12. The number of amides is 1. The lowest BCUT2D eigenvalue weighted by Crippen LogP contribution is -2.42. The molecule has 1 amide bonds. The quantitative estimate of drug-likeness (QED) is 0.547. The maximum absolute atomic E-state index is 13.2. The lowest BCUT2D eigenvalue weighted by Gasteiger charge is -2.30. The van der Waals surface area contributed by atoms with Crippen molar-refractivity contribution in [1.82, 2.24) is 24.6 Å². The number of sulfonamides is 1. The van der Waals surface area contributed by atoms with E-state index in [1.54, 1.807) is 22.9 Å². The summed E-state index contributed by atoms with van der Waals surface area (Å²) in [6, 6.07) is 13.2. The van der Waals surface area contributed by atoms with Crippen LogP contribution in [-0.2, 0) is 34.3 Å². The van der Waals surface area contributed by atoms with Crippen molar-refractivity contribution in [3.63, 3.8) is 0 Å². The Morgan fingerprint density at radius 3 is 2.42 bits per heavy atom. The van der Waals surface area contributed by atoms with E-state index in [0.717, 1.165) is 30.5 Å². The lowest BCUT2D eigenvalue weighted by atomic mass is 9.97. The maximum atomic E-state index is 13.2. The van der Waals surface area contributed by atoms with Gasteiger partial charge in [0.15, 0.2) is 0 Å². The van der Waals surface area contributed by atoms with Gasteiger partial charge in [-0.05, 0) is 55.0 Å². The molecule has 1 fully saturated rings. The Bertz CT molecular complexity index is 1210. The first-order valence-electron chi connectivity index (χ1n) is 11.6. The standard InChI is InChI=1S/C24H31N5O3S/c1-3-13-29-23-10-9-21(16-22(23)26-27-29)33(31,32)28-14-11-20(12-15-28)24(30)25-17-19-7-5-18(4-2)6-8-19/h5-10,16,20H,3-4,11-15,17H2,1-2H3,(H,25,30). The summed E-state index contributed by atoms with van der Waals surface area (Å²) in [5, 5.41) is 11.2. The molecule has 1 aliphatic rings. The molecule has 33 heavy (non-hydrogen) atoms. The summed E-state index contributed by atoms with van der Waals surface area (Å²) in [4.78, 5) is 12.8. The number of hydrogen-bond acceptors (Lipinski definition) is 5. The highest BCUT2D eigenvalue weighted by atomic mass is 32.2. The molecule has 0 bridgehead atoms. The molecule has 0 spiro atoms. The van der Waals surface area contributed by atoms with Crippen LogP contribution in [0.15, 0.2) is 47.4 Å². The van der Waals surface area contributed by atoms with Crippen molar-refractivity contribution < 1.29 is 13.2 Å². The molecule has 9 heteroatoms. The lowest BCUT2D eigenvalue weighted by molar-refractivity contribution is -0.126. The number of rotatable bonds is 8. The normalized spacial score (nSPS) is 15.7. The zero-order chi connectivity index (χ0) is 23.4. The van der Waals surface area contributed by atoms with E-state index in [-0.39, 0.29) is 16.7 Å². The zero-order valence-corrected chi connectivity index (χ0v) is 20.0. The molecule has 1 N–H and O–H groups in total. The van der Waals surface area contributed by atoms with Crippen LogP contribution in [0.25, 0.3) is 11.0 Å². The minimum atomic E-state index is -3.64. The molecular formula is C24H31N5O3S. The third-order valence-electron chi connectivity index (χ3n) is 6.28. The number of carbonyl (C=O) groups excluding carboxylic acids is 1. The molecule has 1 aliphatic heterocycles. The first-order valence-corrected chi connectivity index (χ1v) is 13.0. The van der Waals surface area contributed by atoms with Crippen LogP contribution in [0.5, 0.6) is 0 Å². The number of nitrogens with zero attached hydrogens (tertiary/aromatic N) is 4. The molecule has 3 aromatic rings. The summed E-state index contributed by atoms with van der Waals surface area (Å²) < 4.78 is 29.6. The number of piperidine rings is 1. The van der Waals surface area contributed by atoms with Gasteiger partial charge in [0, 0.05) is 32.1 Å². The number of aromatic nitrogens is 3. The Morgan fingerprint density at radius 2 is 1.76 bits per heavy atom. The predicted molar refractivity (Wildman–Crippen MR) is 127 cm³/mol. The number of benzene rings is 2. The molecular weight excluding hydrogens is 438 g/mol. The summed E-state index contributed by atoms with van der Waals surface area (Å²) in [6.07, 6.45) is 2.93. The summed E-state index contributed by atoms with van der Waals surface area (Å²) >= 11 is 0. The van der Waals surface area contributed by atoms with E-state index in [1.165, 1.54) is 9.87 Å². The topological polar surface area (TPSA) is 97.2 Å². The average Bonchev–Trinajstić information content (AvgIpc) is 3.25. The van der Waals surface area contributed by atoms with E-state index in [2.05, 4.69) is 41.6 Å². The molecule has 2 aromatic carbocycles. The molecule has 176 valence electrons. The van der Waals surface area contributed by atoms with Crippen molar-refractivity contribution in [3.05, 3.63) is 53.6 Å². The van der Waals surface area contributed by atoms with Gasteiger partial charge in [-0.1, -0.05) is 43.3 Å². The van der Waals surface area contributed by atoms with Crippen LogP contribution in [0.2, 0.25) is 0 Å². The van der Waals surface area contributed by atoms with Crippen LogP contribution in [-0.4, -0.2) is 46.7 Å². The first-order chi connectivity index (χ1) is 15.9. The van der Waals surface area contributed by atoms with Gasteiger partial charge in [-0.3, -0.25) is 4.79 Å². The van der Waals surface area contributed by atoms with Crippen LogP contribution in [0.1, 0.15) is 44.2 Å². The second kappa shape index (κ2) is 10.0. The van der Waals surface area contributed by atoms with E-state index >= 15 is 0 Å². The van der Waals surface area contributed by atoms with Gasteiger partial charge in [0.05, 0.1) is 10.4 Å². The van der Waals surface area contributed by atoms with Crippen LogP contribution < -0.4 is 5.32 Å². The van der Waals surface area contributed by atoms with Crippen LogP contribution >= 0.6 is 0 Å². The number of nitrogens with one attached hydrogen (secondary N) is 1. The van der Waals surface area contributed by atoms with Crippen molar-refractivity contribution >= 4 is 27.0 Å². The number of hydrogen-bond donors (Lipinski definition) is 1. The first kappa shape index (κ1) is 23.4. The molecule has 4 rings (SSSR count). The molecule has 0 atom stereocenters. The van der Waals surface area contributed by atoms with Gasteiger partial charge in [0.1, 0.15) is 5.52 Å². The fraction of sp³-hybridized carbons (Fsp3) is 0.458. The summed E-state index contributed by atoms with van der Waals surface area (Å²) in [5.41, 5.74) is 3.73. The Balaban J connectivity index is 1.35. The van der Waals surface area contributed by atoms with E-state index in [1.807, 2.05) is 12.1 Å². The number of aryl methyl sites for hydroxylation is 2. The van der Waals surface area contributed by atoms with Gasteiger partial charge in [-0.2, -0.15) is 4.31 Å². The van der Waals surface area contributed by atoms with Gasteiger partial charge in [0.25, 0.3) is 0 Å². The Labute approximate surface area is 195 Å². The maximum Gasteiger partial charge on any atom is 0.243 e. The van der Waals surface area contributed by atoms with E-state index in [9.17, 15) is 13.2 Å². The van der Waals surface area contributed by atoms with Gasteiger partial charge in [-0.25, -0.2) is 13.1 Å². The van der Waals surface area contributed by atoms with E-state index in [0.29, 0.717) is 38.0 Å². The fourth-order valence-electron chi connectivity index (χ4n) is 4.22. The summed E-state index contributed by atoms with van der Waals surface area (Å²) in [5.74, 6) is -0.191. The highest BCUT2D eigenvalue weighted by Crippen LogP contribution is 2.26. The van der Waals surface area contributed by atoms with Crippen molar-refractivity contribution in [1.29, 1.82) is 0 Å². The third-order valence-corrected chi connectivity index (χ3v) is 8.18. The third kappa shape index (κ3) is 5.09. The van der Waals surface area contributed by atoms with Crippen molar-refractivity contribution in [2.24, 2.45) is 5.92 Å². The molecule has 0 radical (unpaired) electrons. The Morgan fingerprint density at radius 1 is 1.06 bits per heavy atom. The minimum absolute atomic E-state index is 0.0134. The molecule has 0 saturated carbocycles. The Kier molecular flexibility index (Phi) is 7.09. The van der Waals surface area contributed by atoms with Crippen molar-refractivity contribution in [3.8, 4) is 0 Å². The Hall–Kier alpha value is -2.78. The van der Waals surface area contributed by atoms with Crippen LogP contribution in [0.3, 0.4) is 0 Å². The zero-order valence-electron chi connectivity index (χ0n) is 19.2. The highest BCUT2D eigenvalue weighted by Gasteiger charge is 2.32. The summed E-state index contributed by atoms with van der Waals surface area (Å²) in [7, 11) is -3.64. The fourth-order valence-corrected chi connectivity index (χ4v) is 5.71. The smallest absolute Gasteiger partial charge is 0.243 e. The highest BCUT2D eigenvalue weighted by molar-refractivity contribution is 7.89. The molecule has 2 heterocycles. The van der Waals surface area contributed by atoms with Gasteiger partial charge >= 0.3 is 0 Å². The van der Waals surface area contributed by atoms with E-state index < -0.39 is 10.0 Å². The summed E-state index contributed by atoms with van der Waals surface area (Å²) in [6.45, 7) is 6.04. The van der Waals surface area contributed by atoms with Crippen LogP contribution in [0.4, 0.5) is 0 Å².